The number of benzene rings is 2. The molecule has 27 heavy (non-hydrogen) atoms. The van der Waals surface area contributed by atoms with Gasteiger partial charge < -0.3 is 14.8 Å². The topological polar surface area (TPSA) is 64.6 Å². The van der Waals surface area contributed by atoms with Crippen molar-refractivity contribution in [2.75, 3.05) is 11.9 Å². The van der Waals surface area contributed by atoms with E-state index in [-0.39, 0.29) is 12.5 Å². The van der Waals surface area contributed by atoms with Crippen molar-refractivity contribution >= 4 is 29.2 Å². The van der Waals surface area contributed by atoms with Crippen LogP contribution in [0.4, 0.5) is 5.69 Å². The monoisotopic (exact) mass is 389 g/mol. The third-order valence-corrected chi connectivity index (χ3v) is 4.32. The van der Waals surface area contributed by atoms with Gasteiger partial charge in [0.1, 0.15) is 5.75 Å². The molecule has 0 spiro atoms. The fraction of sp³-hybridized carbons (Fsp3) is 0.333. The Hall–Kier alpha value is -2.53. The summed E-state index contributed by atoms with van der Waals surface area (Å²) in [5.41, 5.74) is 4.59. The molecule has 0 aromatic heterocycles. The molecule has 0 aliphatic heterocycles. The lowest BCUT2D eigenvalue weighted by atomic mass is 10.0. The molecule has 1 N–H and O–H groups in total. The highest BCUT2D eigenvalue weighted by Gasteiger charge is 2.20. The van der Waals surface area contributed by atoms with Gasteiger partial charge in [0.2, 0.25) is 0 Å². The summed E-state index contributed by atoms with van der Waals surface area (Å²) in [6.07, 6.45) is -0.937. The van der Waals surface area contributed by atoms with Gasteiger partial charge in [-0.15, -0.1) is 0 Å². The van der Waals surface area contributed by atoms with Gasteiger partial charge in [-0.1, -0.05) is 29.3 Å². The van der Waals surface area contributed by atoms with E-state index in [1.165, 1.54) is 6.92 Å². The minimum Gasteiger partial charge on any atom is -0.482 e. The maximum atomic E-state index is 12.4. The van der Waals surface area contributed by atoms with Crippen molar-refractivity contribution in [3.8, 4) is 5.75 Å². The number of anilines is 1. The summed E-state index contributed by atoms with van der Waals surface area (Å²) in [6, 6.07) is 9.08. The smallest absolute Gasteiger partial charge is 0.344 e. The van der Waals surface area contributed by atoms with E-state index in [1.54, 1.807) is 18.2 Å². The van der Waals surface area contributed by atoms with E-state index >= 15 is 0 Å². The normalized spacial score (nSPS) is 11.6. The van der Waals surface area contributed by atoms with Crippen LogP contribution >= 0.6 is 11.6 Å². The second-order valence-electron chi connectivity index (χ2n) is 6.59. The molecule has 6 heteroatoms. The van der Waals surface area contributed by atoms with Crippen LogP contribution in [-0.2, 0) is 14.3 Å². The summed E-state index contributed by atoms with van der Waals surface area (Å²) in [4.78, 5) is 24.3. The van der Waals surface area contributed by atoms with Gasteiger partial charge in [0.25, 0.3) is 5.91 Å². The van der Waals surface area contributed by atoms with E-state index in [1.807, 2.05) is 39.8 Å². The highest BCUT2D eigenvalue weighted by molar-refractivity contribution is 6.30. The van der Waals surface area contributed by atoms with Gasteiger partial charge in [-0.05, 0) is 69.5 Å². The number of rotatable bonds is 6. The van der Waals surface area contributed by atoms with Gasteiger partial charge in [0.05, 0.1) is 0 Å². The van der Waals surface area contributed by atoms with Crippen molar-refractivity contribution in [3.63, 3.8) is 0 Å². The van der Waals surface area contributed by atoms with Crippen molar-refractivity contribution in [3.05, 3.63) is 57.6 Å². The van der Waals surface area contributed by atoms with E-state index in [2.05, 4.69) is 5.32 Å². The maximum Gasteiger partial charge on any atom is 0.344 e. The van der Waals surface area contributed by atoms with Crippen LogP contribution in [0.2, 0.25) is 5.02 Å². The van der Waals surface area contributed by atoms with Crippen LogP contribution in [0.15, 0.2) is 30.3 Å². The van der Waals surface area contributed by atoms with Crippen LogP contribution in [0.5, 0.6) is 5.75 Å². The first-order chi connectivity index (χ1) is 12.7. The summed E-state index contributed by atoms with van der Waals surface area (Å²) in [5, 5.41) is 3.42. The van der Waals surface area contributed by atoms with Crippen LogP contribution in [0.1, 0.15) is 29.2 Å². The highest BCUT2D eigenvalue weighted by atomic mass is 35.5. The quantitative estimate of drug-likeness (QED) is 0.737. The number of hydrogen-bond acceptors (Lipinski definition) is 4. The van der Waals surface area contributed by atoms with Gasteiger partial charge in [0, 0.05) is 10.7 Å². The molecule has 0 unspecified atom stereocenters. The average Bonchev–Trinajstić information content (AvgIpc) is 2.57. The lowest BCUT2D eigenvalue weighted by Gasteiger charge is -2.17. The van der Waals surface area contributed by atoms with E-state index in [4.69, 9.17) is 21.1 Å². The molecule has 2 rings (SSSR count). The Bertz CT molecular complexity index is 840. The zero-order valence-electron chi connectivity index (χ0n) is 16.2. The van der Waals surface area contributed by atoms with Gasteiger partial charge in [-0.2, -0.15) is 0 Å². The molecule has 0 fully saturated rings. The maximum absolute atomic E-state index is 12.4. The lowest BCUT2D eigenvalue weighted by Crippen LogP contribution is -2.32. The van der Waals surface area contributed by atoms with E-state index < -0.39 is 12.1 Å². The Kier molecular flexibility index (Phi) is 6.86. The first-order valence-corrected chi connectivity index (χ1v) is 9.02. The molecule has 1 amide bonds. The number of amides is 1. The number of hydrogen-bond donors (Lipinski definition) is 1. The molecular weight excluding hydrogens is 366 g/mol. The van der Waals surface area contributed by atoms with Crippen molar-refractivity contribution < 1.29 is 19.1 Å². The molecule has 144 valence electrons. The number of aryl methyl sites for hydroxylation is 4. The summed E-state index contributed by atoms with van der Waals surface area (Å²) in [6.45, 7) is 8.92. The number of halogens is 1. The lowest BCUT2D eigenvalue weighted by molar-refractivity contribution is -0.155. The molecule has 2 aromatic carbocycles. The number of carbonyl (C=O) groups is 2. The average molecular weight is 390 g/mol. The van der Waals surface area contributed by atoms with E-state index in [0.717, 1.165) is 27.9 Å². The van der Waals surface area contributed by atoms with Crippen LogP contribution in [0.3, 0.4) is 0 Å². The second kappa shape index (κ2) is 8.91. The van der Waals surface area contributed by atoms with Crippen LogP contribution in [-0.4, -0.2) is 24.6 Å². The molecule has 0 bridgehead atoms. The summed E-state index contributed by atoms with van der Waals surface area (Å²) in [5.74, 6) is -0.468. The Morgan fingerprint density at radius 2 is 1.67 bits per heavy atom. The Labute approximate surface area is 164 Å². The molecule has 0 aliphatic rings. The zero-order chi connectivity index (χ0) is 20.1. The van der Waals surface area contributed by atoms with Crippen molar-refractivity contribution in [2.45, 2.75) is 40.7 Å². The van der Waals surface area contributed by atoms with Crippen LogP contribution < -0.4 is 10.1 Å². The van der Waals surface area contributed by atoms with Crippen molar-refractivity contribution in [1.82, 2.24) is 0 Å². The molecule has 0 radical (unpaired) electrons. The molecule has 2 aromatic rings. The van der Waals surface area contributed by atoms with Crippen molar-refractivity contribution in [2.24, 2.45) is 0 Å². The van der Waals surface area contributed by atoms with Gasteiger partial charge >= 0.3 is 5.97 Å². The van der Waals surface area contributed by atoms with Crippen LogP contribution in [0, 0.1) is 27.7 Å². The number of carbonyl (C=O) groups excluding carboxylic acids is 2. The first kappa shape index (κ1) is 20.8. The summed E-state index contributed by atoms with van der Waals surface area (Å²) in [7, 11) is 0. The van der Waals surface area contributed by atoms with Gasteiger partial charge in [0.15, 0.2) is 12.7 Å². The number of ether oxygens (including phenoxy) is 2. The predicted molar refractivity (Wildman–Crippen MR) is 107 cm³/mol. The second-order valence-corrected chi connectivity index (χ2v) is 7.03. The summed E-state index contributed by atoms with van der Waals surface area (Å²) >= 11 is 5.89. The minimum absolute atomic E-state index is 0.289. The van der Waals surface area contributed by atoms with Gasteiger partial charge in [-0.3, -0.25) is 4.79 Å². The van der Waals surface area contributed by atoms with E-state index in [9.17, 15) is 9.59 Å². The minimum atomic E-state index is -0.937. The highest BCUT2D eigenvalue weighted by Crippen LogP contribution is 2.23. The third kappa shape index (κ3) is 5.73. The number of esters is 1. The van der Waals surface area contributed by atoms with Crippen LogP contribution in [0.25, 0.3) is 0 Å². The molecule has 1 atom stereocenters. The summed E-state index contributed by atoms with van der Waals surface area (Å²) < 4.78 is 10.6. The molecule has 5 nitrogen and oxygen atoms in total. The largest absolute Gasteiger partial charge is 0.482 e. The van der Waals surface area contributed by atoms with Gasteiger partial charge in [-0.25, -0.2) is 4.79 Å². The molecule has 0 saturated heterocycles. The fourth-order valence-electron chi connectivity index (χ4n) is 2.80. The standard InChI is InChI=1S/C21H24ClNO4/c1-12-8-14(3)20(15(4)9-12)23-21(25)16(5)27-19(24)11-26-18-7-6-17(22)10-13(18)2/h6-10,16H,11H2,1-5H3,(H,23,25)/t16-/m0/s1. The van der Waals surface area contributed by atoms with Crippen molar-refractivity contribution in [1.29, 1.82) is 0 Å². The Morgan fingerprint density at radius 1 is 1.04 bits per heavy atom. The Morgan fingerprint density at radius 3 is 2.26 bits per heavy atom. The predicted octanol–water partition coefficient (Wildman–Crippen LogP) is 4.52. The third-order valence-electron chi connectivity index (χ3n) is 4.09. The molecule has 0 saturated carbocycles. The zero-order valence-corrected chi connectivity index (χ0v) is 16.9. The first-order valence-electron chi connectivity index (χ1n) is 8.64. The van der Waals surface area contributed by atoms with E-state index in [0.29, 0.717) is 10.8 Å². The fourth-order valence-corrected chi connectivity index (χ4v) is 3.02. The molecule has 0 heterocycles. The number of nitrogens with one attached hydrogen (secondary N) is 1. The Balaban J connectivity index is 1.91. The molecule has 0 aliphatic carbocycles. The SMILES string of the molecule is Cc1cc(C)c(NC(=O)[C@H](C)OC(=O)COc2ccc(Cl)cc2C)c(C)c1. The molecular formula is C21H24ClNO4.